The van der Waals surface area contributed by atoms with E-state index in [4.69, 9.17) is 11.6 Å². The Morgan fingerprint density at radius 2 is 0.865 bits per heavy atom. The van der Waals surface area contributed by atoms with E-state index in [1.165, 1.54) is 31.3 Å². The fourth-order valence-electron chi connectivity index (χ4n) is 7.06. The van der Waals surface area contributed by atoms with Gasteiger partial charge in [0.15, 0.2) is 0 Å². The Balaban J connectivity index is 1.33. The average molecular weight is 705 g/mol. The summed E-state index contributed by atoms with van der Waals surface area (Å²) in [6, 6.07) is 71.1. The lowest BCUT2D eigenvalue weighted by atomic mass is 9.99. The van der Waals surface area contributed by atoms with Crippen molar-refractivity contribution in [1.82, 2.24) is 0 Å². The van der Waals surface area contributed by atoms with Crippen molar-refractivity contribution in [1.29, 1.82) is 0 Å². The molecule has 0 fully saturated rings. The van der Waals surface area contributed by atoms with Crippen LogP contribution in [0.25, 0.3) is 42.4 Å². The molecule has 0 bridgehead atoms. The largest absolute Gasteiger partial charge is 0.310 e. The number of para-hydroxylation sites is 3. The predicted octanol–water partition coefficient (Wildman–Crippen LogP) is 15.0. The molecule has 4 heteroatoms. The van der Waals surface area contributed by atoms with Gasteiger partial charge in [-0.1, -0.05) is 121 Å². The molecule has 1 heterocycles. The number of anilines is 6. The van der Waals surface area contributed by atoms with Crippen molar-refractivity contribution in [2.45, 2.75) is 0 Å². The van der Waals surface area contributed by atoms with Crippen molar-refractivity contribution >= 4 is 77.2 Å². The van der Waals surface area contributed by atoms with Crippen LogP contribution in [0.5, 0.6) is 0 Å². The van der Waals surface area contributed by atoms with E-state index in [9.17, 15) is 0 Å². The van der Waals surface area contributed by atoms with Gasteiger partial charge in [0, 0.05) is 53.6 Å². The Hall–Kier alpha value is -6.13. The molecular formula is C48H33ClN2S. The maximum atomic E-state index is 6.37. The van der Waals surface area contributed by atoms with Gasteiger partial charge in [-0.05, 0) is 113 Å². The molecule has 0 aliphatic carbocycles. The van der Waals surface area contributed by atoms with Gasteiger partial charge in [-0.2, -0.15) is 0 Å². The molecule has 0 saturated heterocycles. The minimum atomic E-state index is 0.726. The summed E-state index contributed by atoms with van der Waals surface area (Å²) in [5.41, 5.74) is 11.2. The zero-order valence-corrected chi connectivity index (χ0v) is 29.8. The third kappa shape index (κ3) is 6.11. The molecule has 8 aromatic carbocycles. The van der Waals surface area contributed by atoms with Gasteiger partial charge in [0.1, 0.15) is 0 Å². The Bertz CT molecular complexity index is 2580. The van der Waals surface area contributed by atoms with Crippen molar-refractivity contribution in [2.24, 2.45) is 0 Å². The first-order valence-corrected chi connectivity index (χ1v) is 18.6. The van der Waals surface area contributed by atoms with Crippen molar-refractivity contribution in [3.8, 4) is 22.3 Å². The first-order chi connectivity index (χ1) is 25.7. The second kappa shape index (κ2) is 13.9. The minimum absolute atomic E-state index is 0.726. The molecule has 0 atom stereocenters. The van der Waals surface area contributed by atoms with Crippen molar-refractivity contribution in [2.75, 3.05) is 9.80 Å². The van der Waals surface area contributed by atoms with Gasteiger partial charge in [0.25, 0.3) is 0 Å². The first kappa shape index (κ1) is 31.8. The lowest BCUT2D eigenvalue weighted by Crippen LogP contribution is -2.11. The maximum absolute atomic E-state index is 6.37. The minimum Gasteiger partial charge on any atom is -0.310 e. The molecule has 9 aromatic rings. The number of hydrogen-bond acceptors (Lipinski definition) is 3. The molecule has 52 heavy (non-hydrogen) atoms. The summed E-state index contributed by atoms with van der Waals surface area (Å²) < 4.78 is 2.46. The fourth-order valence-corrected chi connectivity index (χ4v) is 8.33. The summed E-state index contributed by atoms with van der Waals surface area (Å²) in [5, 5.41) is 3.16. The van der Waals surface area contributed by atoms with Crippen LogP contribution in [-0.2, 0) is 0 Å². The number of thiophene rings is 1. The van der Waals surface area contributed by atoms with Gasteiger partial charge in [0.05, 0.1) is 5.69 Å². The molecule has 248 valence electrons. The third-order valence-electron chi connectivity index (χ3n) is 9.47. The molecule has 0 spiro atoms. The van der Waals surface area contributed by atoms with Crippen molar-refractivity contribution < 1.29 is 0 Å². The van der Waals surface area contributed by atoms with E-state index < -0.39 is 0 Å². The van der Waals surface area contributed by atoms with Gasteiger partial charge in [0.2, 0.25) is 0 Å². The smallest absolute Gasteiger partial charge is 0.0560 e. The van der Waals surface area contributed by atoms with Gasteiger partial charge >= 0.3 is 0 Å². The van der Waals surface area contributed by atoms with Crippen LogP contribution in [0.2, 0.25) is 5.02 Å². The summed E-state index contributed by atoms with van der Waals surface area (Å²) in [6.07, 6.45) is 0. The number of rotatable bonds is 8. The van der Waals surface area contributed by atoms with Crippen LogP contribution in [0.3, 0.4) is 0 Å². The predicted molar refractivity (Wildman–Crippen MR) is 225 cm³/mol. The molecule has 0 unspecified atom stereocenters. The highest BCUT2D eigenvalue weighted by atomic mass is 35.5. The summed E-state index contributed by atoms with van der Waals surface area (Å²) in [5.74, 6) is 0. The second-order valence-corrected chi connectivity index (χ2v) is 14.3. The summed E-state index contributed by atoms with van der Waals surface area (Å²) in [7, 11) is 0. The number of halogens is 1. The standard InChI is InChI=1S/C48H33ClN2S/c49-38-26-24-35(25-27-38)37-31-45(51(41-21-11-4-12-22-41)42-23-13-16-36(30-42)34-14-5-1-6-15-34)48-44-33-43(28-29-46(44)52-47(48)32-37)50(39-17-7-2-8-18-39)40-19-9-3-10-20-40/h1-33H. The maximum Gasteiger partial charge on any atom is 0.0560 e. The Labute approximate surface area is 313 Å². The van der Waals surface area contributed by atoms with Crippen molar-refractivity contribution in [3.05, 3.63) is 205 Å². The molecule has 0 radical (unpaired) electrons. The molecule has 0 amide bonds. The Morgan fingerprint density at radius 1 is 0.346 bits per heavy atom. The van der Waals surface area contributed by atoms with Crippen LogP contribution in [0.4, 0.5) is 34.1 Å². The zero-order chi connectivity index (χ0) is 34.9. The Morgan fingerprint density at radius 3 is 1.50 bits per heavy atom. The molecule has 1 aromatic heterocycles. The number of benzene rings is 8. The first-order valence-electron chi connectivity index (χ1n) is 17.4. The van der Waals surface area contributed by atoms with E-state index in [1.54, 1.807) is 0 Å². The topological polar surface area (TPSA) is 6.48 Å². The second-order valence-electron chi connectivity index (χ2n) is 12.8. The summed E-state index contributed by atoms with van der Waals surface area (Å²) in [4.78, 5) is 4.75. The SMILES string of the molecule is Clc1ccc(-c2cc(N(c3ccccc3)c3cccc(-c4ccccc4)c3)c3c(c2)sc2ccc(N(c4ccccc4)c4ccccc4)cc23)cc1. The van der Waals surface area contributed by atoms with Crippen LogP contribution in [0.1, 0.15) is 0 Å². The van der Waals surface area contributed by atoms with Crippen LogP contribution in [-0.4, -0.2) is 0 Å². The third-order valence-corrected chi connectivity index (χ3v) is 10.8. The zero-order valence-electron chi connectivity index (χ0n) is 28.2. The van der Waals surface area contributed by atoms with E-state index in [1.807, 2.05) is 23.5 Å². The van der Waals surface area contributed by atoms with Gasteiger partial charge in [-0.25, -0.2) is 0 Å². The lowest BCUT2D eigenvalue weighted by Gasteiger charge is -2.28. The van der Waals surface area contributed by atoms with Crippen LogP contribution >= 0.6 is 22.9 Å². The highest BCUT2D eigenvalue weighted by Crippen LogP contribution is 2.49. The van der Waals surface area contributed by atoms with E-state index >= 15 is 0 Å². The van der Waals surface area contributed by atoms with E-state index in [0.29, 0.717) is 0 Å². The molecule has 0 saturated carbocycles. The number of nitrogens with zero attached hydrogens (tertiary/aromatic N) is 2. The summed E-state index contributed by atoms with van der Waals surface area (Å²) in [6.45, 7) is 0. The lowest BCUT2D eigenvalue weighted by molar-refractivity contribution is 1.29. The fraction of sp³-hybridized carbons (Fsp3) is 0. The van der Waals surface area contributed by atoms with Gasteiger partial charge in [-0.3, -0.25) is 0 Å². The highest BCUT2D eigenvalue weighted by Gasteiger charge is 2.22. The van der Waals surface area contributed by atoms with E-state index in [2.05, 4.69) is 198 Å². The number of hydrogen-bond donors (Lipinski definition) is 0. The normalized spacial score (nSPS) is 11.2. The number of fused-ring (bicyclic) bond motifs is 3. The van der Waals surface area contributed by atoms with E-state index in [-0.39, 0.29) is 0 Å². The average Bonchev–Trinajstić information content (AvgIpc) is 3.58. The molecule has 0 aliphatic heterocycles. The van der Waals surface area contributed by atoms with Gasteiger partial charge < -0.3 is 9.80 Å². The highest BCUT2D eigenvalue weighted by molar-refractivity contribution is 7.26. The van der Waals surface area contributed by atoms with Crippen LogP contribution < -0.4 is 9.80 Å². The van der Waals surface area contributed by atoms with Gasteiger partial charge in [-0.15, -0.1) is 11.3 Å². The Kier molecular flexibility index (Phi) is 8.50. The summed E-state index contributed by atoms with van der Waals surface area (Å²) >= 11 is 8.21. The monoisotopic (exact) mass is 704 g/mol. The molecule has 9 rings (SSSR count). The van der Waals surface area contributed by atoms with Crippen LogP contribution in [0.15, 0.2) is 200 Å². The van der Waals surface area contributed by atoms with Crippen molar-refractivity contribution in [3.63, 3.8) is 0 Å². The molecular weight excluding hydrogens is 672 g/mol. The molecule has 0 aliphatic rings. The molecule has 2 nitrogen and oxygen atoms in total. The van der Waals surface area contributed by atoms with Crippen LogP contribution in [0, 0.1) is 0 Å². The quantitative estimate of drug-likeness (QED) is 0.155. The van der Waals surface area contributed by atoms with E-state index in [0.717, 1.165) is 50.3 Å². The molecule has 0 N–H and O–H groups in total.